The maximum absolute atomic E-state index is 13.0. The van der Waals surface area contributed by atoms with Crippen LogP contribution in [-0.4, -0.2) is 16.9 Å². The lowest BCUT2D eigenvalue weighted by atomic mass is 10.1. The van der Waals surface area contributed by atoms with E-state index in [0.717, 1.165) is 6.07 Å². The maximum atomic E-state index is 13.0. The number of rotatable bonds is 5. The Labute approximate surface area is 172 Å². The summed E-state index contributed by atoms with van der Waals surface area (Å²) in [4.78, 5) is 40.6. The maximum Gasteiger partial charge on any atom is 0.423 e. The van der Waals surface area contributed by atoms with Gasteiger partial charge in [0.2, 0.25) is 0 Å². The molecule has 0 fully saturated rings. The first kappa shape index (κ1) is 24.4. The second-order valence-corrected chi connectivity index (χ2v) is 5.55. The molecule has 0 unspecified atom stereocenters. The van der Waals surface area contributed by atoms with Crippen LogP contribution >= 0.6 is 0 Å². The number of nitro benzene ring substituents is 1. The van der Waals surface area contributed by atoms with Crippen LogP contribution in [0.4, 0.5) is 32.0 Å². The summed E-state index contributed by atoms with van der Waals surface area (Å²) in [6, 6.07) is 2.69. The van der Waals surface area contributed by atoms with Gasteiger partial charge in [-0.25, -0.2) is 9.59 Å². The smallest absolute Gasteiger partial charge is 0.418 e. The molecule has 0 saturated carbocycles. The van der Waals surface area contributed by atoms with Crippen molar-refractivity contribution >= 4 is 17.6 Å². The summed E-state index contributed by atoms with van der Waals surface area (Å²) < 4.78 is 86.6. The Morgan fingerprint density at radius 1 is 0.844 bits per heavy atom. The standard InChI is InChI=1S/C16H8F6N2O8/c17-15(18,19)9-5-7(1-3-11(9)24(27)28)29-13(25)14(26)30-8-2-4-12(31-32-23)10(6-8)16(20,21)22/h1-6H,23H2. The van der Waals surface area contributed by atoms with Crippen LogP contribution in [0.2, 0.25) is 0 Å². The number of ether oxygens (including phenoxy) is 2. The number of hydrogen-bond acceptors (Lipinski definition) is 9. The monoisotopic (exact) mass is 470 g/mol. The number of nitrogens with two attached hydrogens (primary N) is 1. The summed E-state index contributed by atoms with van der Waals surface area (Å²) in [6.07, 6.45) is -10.2. The van der Waals surface area contributed by atoms with Crippen molar-refractivity contribution in [3.8, 4) is 17.2 Å². The van der Waals surface area contributed by atoms with Crippen molar-refractivity contribution in [1.82, 2.24) is 0 Å². The van der Waals surface area contributed by atoms with Crippen molar-refractivity contribution < 1.29 is 60.2 Å². The van der Waals surface area contributed by atoms with E-state index in [1.807, 2.05) is 0 Å². The van der Waals surface area contributed by atoms with Crippen LogP contribution in [-0.2, 0) is 26.9 Å². The molecule has 172 valence electrons. The van der Waals surface area contributed by atoms with Gasteiger partial charge in [-0.2, -0.15) is 32.2 Å². The zero-order valence-electron chi connectivity index (χ0n) is 15.0. The summed E-state index contributed by atoms with van der Waals surface area (Å²) in [7, 11) is 0. The number of alkyl halides is 6. The highest BCUT2D eigenvalue weighted by Gasteiger charge is 2.39. The van der Waals surface area contributed by atoms with E-state index < -0.39 is 63.3 Å². The lowest BCUT2D eigenvalue weighted by Gasteiger charge is -2.13. The number of esters is 2. The van der Waals surface area contributed by atoms with Crippen LogP contribution in [0, 0.1) is 10.1 Å². The van der Waals surface area contributed by atoms with Crippen LogP contribution < -0.4 is 20.3 Å². The van der Waals surface area contributed by atoms with E-state index in [1.54, 1.807) is 0 Å². The molecule has 16 heteroatoms. The highest BCUT2D eigenvalue weighted by atomic mass is 19.4. The first-order valence-electron chi connectivity index (χ1n) is 7.78. The summed E-state index contributed by atoms with van der Waals surface area (Å²) in [5, 5.41) is 10.7. The molecule has 2 N–H and O–H groups in total. The fourth-order valence-electron chi connectivity index (χ4n) is 2.18. The Hall–Kier alpha value is -3.92. The lowest BCUT2D eigenvalue weighted by molar-refractivity contribution is -0.388. The molecule has 0 aliphatic rings. The van der Waals surface area contributed by atoms with Gasteiger partial charge in [-0.15, -0.1) is 0 Å². The van der Waals surface area contributed by atoms with E-state index in [1.165, 1.54) is 0 Å². The molecule has 0 radical (unpaired) electrons. The van der Waals surface area contributed by atoms with Gasteiger partial charge >= 0.3 is 24.3 Å². The first-order chi connectivity index (χ1) is 14.7. The fraction of sp³-hybridized carbons (Fsp3) is 0.125. The number of nitrogens with zero attached hydrogens (tertiary/aromatic N) is 1. The number of carbonyl (C=O) groups excluding carboxylic acids is 2. The van der Waals surface area contributed by atoms with Crippen LogP contribution in [0.1, 0.15) is 11.1 Å². The molecular formula is C16H8F6N2O8. The Morgan fingerprint density at radius 3 is 1.75 bits per heavy atom. The summed E-state index contributed by atoms with van der Waals surface area (Å²) >= 11 is 0. The van der Waals surface area contributed by atoms with Gasteiger partial charge in [0.15, 0.2) is 5.75 Å². The van der Waals surface area contributed by atoms with Gasteiger partial charge in [0.05, 0.1) is 4.92 Å². The molecule has 0 heterocycles. The predicted molar refractivity (Wildman–Crippen MR) is 86.7 cm³/mol. The molecule has 0 spiro atoms. The van der Waals surface area contributed by atoms with Crippen LogP contribution in [0.15, 0.2) is 36.4 Å². The summed E-state index contributed by atoms with van der Waals surface area (Å²) in [6.45, 7) is 0. The third-order valence-electron chi connectivity index (χ3n) is 3.45. The highest BCUT2D eigenvalue weighted by molar-refractivity contribution is 6.31. The normalized spacial score (nSPS) is 11.6. The minimum Gasteiger partial charge on any atom is -0.418 e. The largest absolute Gasteiger partial charge is 0.423 e. The number of carbonyl (C=O) groups is 2. The van der Waals surface area contributed by atoms with Gasteiger partial charge in [0.1, 0.15) is 22.6 Å². The first-order valence-corrected chi connectivity index (χ1v) is 7.78. The van der Waals surface area contributed by atoms with Gasteiger partial charge in [-0.3, -0.25) is 10.1 Å². The zero-order chi connectivity index (χ0) is 24.3. The van der Waals surface area contributed by atoms with E-state index in [-0.39, 0.29) is 12.1 Å². The van der Waals surface area contributed by atoms with Crippen LogP contribution in [0.25, 0.3) is 0 Å². The van der Waals surface area contributed by atoms with Crippen LogP contribution in [0.5, 0.6) is 17.2 Å². The lowest BCUT2D eigenvalue weighted by Crippen LogP contribution is -2.26. The predicted octanol–water partition coefficient (Wildman–Crippen LogP) is 3.33. The molecule has 0 amide bonds. The van der Waals surface area contributed by atoms with E-state index in [4.69, 9.17) is 0 Å². The third kappa shape index (κ3) is 5.82. The highest BCUT2D eigenvalue weighted by Crippen LogP contribution is 2.39. The molecule has 0 aliphatic heterocycles. The Bertz CT molecular complexity index is 1050. The van der Waals surface area contributed by atoms with Crippen LogP contribution in [0.3, 0.4) is 0 Å². The second kappa shape index (κ2) is 9.06. The minimum atomic E-state index is -5.20. The molecule has 0 atom stereocenters. The molecule has 2 rings (SSSR count). The van der Waals surface area contributed by atoms with Crippen molar-refractivity contribution in [1.29, 1.82) is 0 Å². The SMILES string of the molecule is NOOc1ccc(OC(=O)C(=O)Oc2ccc([N+](=O)[O-])c(C(F)(F)F)c2)cc1C(F)(F)F. The molecule has 0 aliphatic carbocycles. The van der Waals surface area contributed by atoms with Gasteiger partial charge in [-0.05, 0) is 24.3 Å². The van der Waals surface area contributed by atoms with E-state index in [0.29, 0.717) is 18.2 Å². The van der Waals surface area contributed by atoms with Gasteiger partial charge < -0.3 is 14.4 Å². The molecular weight excluding hydrogens is 462 g/mol. The van der Waals surface area contributed by atoms with E-state index in [9.17, 15) is 46.0 Å². The van der Waals surface area contributed by atoms with E-state index >= 15 is 0 Å². The average molecular weight is 470 g/mol. The molecule has 2 aromatic rings. The molecule has 10 nitrogen and oxygen atoms in total. The van der Waals surface area contributed by atoms with E-state index in [2.05, 4.69) is 25.2 Å². The second-order valence-electron chi connectivity index (χ2n) is 5.55. The van der Waals surface area contributed by atoms with Crippen molar-refractivity contribution in [2.24, 2.45) is 5.90 Å². The number of benzene rings is 2. The molecule has 0 saturated heterocycles. The Morgan fingerprint density at radius 2 is 1.31 bits per heavy atom. The quantitative estimate of drug-likeness (QED) is 0.133. The zero-order valence-corrected chi connectivity index (χ0v) is 15.0. The topological polar surface area (TPSA) is 140 Å². The van der Waals surface area contributed by atoms with Gasteiger partial charge in [0, 0.05) is 12.1 Å². The minimum absolute atomic E-state index is 0.0873. The molecule has 0 aromatic heterocycles. The Kier molecular flexibility index (Phi) is 6.90. The third-order valence-corrected chi connectivity index (χ3v) is 3.45. The summed E-state index contributed by atoms with van der Waals surface area (Å²) in [5.41, 5.74) is -4.62. The molecule has 0 bridgehead atoms. The van der Waals surface area contributed by atoms with Gasteiger partial charge in [0.25, 0.3) is 5.69 Å². The average Bonchev–Trinajstić information content (AvgIpc) is 2.67. The van der Waals surface area contributed by atoms with Crippen molar-refractivity contribution in [2.75, 3.05) is 0 Å². The van der Waals surface area contributed by atoms with Crippen molar-refractivity contribution in [3.05, 3.63) is 57.6 Å². The molecule has 32 heavy (non-hydrogen) atoms. The van der Waals surface area contributed by atoms with Crippen molar-refractivity contribution in [3.63, 3.8) is 0 Å². The number of nitro groups is 1. The molecule has 2 aromatic carbocycles. The number of halogens is 6. The number of hydrogen-bond donors (Lipinski definition) is 1. The summed E-state index contributed by atoms with van der Waals surface area (Å²) in [5.74, 6) is -1.95. The van der Waals surface area contributed by atoms with Gasteiger partial charge in [-0.1, -0.05) is 4.99 Å². The fourth-order valence-corrected chi connectivity index (χ4v) is 2.18. The van der Waals surface area contributed by atoms with Crippen molar-refractivity contribution in [2.45, 2.75) is 12.4 Å². The Balaban J connectivity index is 2.22.